The van der Waals surface area contributed by atoms with E-state index in [0.29, 0.717) is 0 Å². The molecule has 0 heterocycles. The van der Waals surface area contributed by atoms with E-state index < -0.39 is 0 Å². The molecule has 0 aromatic carbocycles. The summed E-state index contributed by atoms with van der Waals surface area (Å²) in [4.78, 5) is 0. The van der Waals surface area contributed by atoms with Gasteiger partial charge in [-0.3, -0.25) is 0 Å². The third kappa shape index (κ3) is 4.46. The van der Waals surface area contributed by atoms with E-state index in [0.717, 1.165) is 24.5 Å². The van der Waals surface area contributed by atoms with Crippen molar-refractivity contribution in [2.24, 2.45) is 5.92 Å². The van der Waals surface area contributed by atoms with Crippen LogP contribution in [0.25, 0.3) is 0 Å². The van der Waals surface area contributed by atoms with Gasteiger partial charge in [0.15, 0.2) is 0 Å². The van der Waals surface area contributed by atoms with E-state index in [1.165, 1.54) is 38.5 Å². The summed E-state index contributed by atoms with van der Waals surface area (Å²) in [5.74, 6) is 0.883. The summed E-state index contributed by atoms with van der Waals surface area (Å²) in [5.41, 5.74) is 0. The van der Waals surface area contributed by atoms with Crippen molar-refractivity contribution in [3.63, 3.8) is 0 Å². The Labute approximate surface area is 84.0 Å². The zero-order valence-electron chi connectivity index (χ0n) is 7.73. The Bertz CT molecular complexity index is 100. The van der Waals surface area contributed by atoms with Gasteiger partial charge in [0.05, 0.1) is 0 Å². The smallest absolute Gasteiger partial charge is 0.0494 e. The quantitative estimate of drug-likeness (QED) is 0.506. The van der Waals surface area contributed by atoms with Crippen LogP contribution in [0.3, 0.4) is 0 Å². The zero-order chi connectivity index (χ0) is 8.65. The molecule has 0 saturated heterocycles. The Kier molecular flexibility index (Phi) is 6.05. The van der Waals surface area contributed by atoms with Crippen LogP contribution in [0.15, 0.2) is 0 Å². The van der Waals surface area contributed by atoms with E-state index in [4.69, 9.17) is 4.74 Å². The lowest BCUT2D eigenvalue weighted by Gasteiger charge is -2.08. The van der Waals surface area contributed by atoms with Crippen molar-refractivity contribution in [2.75, 3.05) is 18.5 Å². The molecule has 0 atom stereocenters. The average Bonchev–Trinajstić information content (AvgIpc) is 2.57. The van der Waals surface area contributed by atoms with Crippen molar-refractivity contribution in [3.8, 4) is 0 Å². The first-order valence-corrected chi connectivity index (χ1v) is 6.19. The van der Waals surface area contributed by atoms with Crippen molar-refractivity contribution < 1.29 is 4.74 Å². The van der Waals surface area contributed by atoms with Gasteiger partial charge in [-0.05, 0) is 31.6 Å². The van der Waals surface area contributed by atoms with E-state index >= 15 is 0 Å². The van der Waals surface area contributed by atoms with Crippen molar-refractivity contribution in [1.82, 2.24) is 0 Å². The predicted octanol–water partition coefficient (Wildman–Crippen LogP) is 3.37. The third-order valence-electron chi connectivity index (χ3n) is 2.50. The van der Waals surface area contributed by atoms with Gasteiger partial charge in [-0.25, -0.2) is 0 Å². The molecule has 0 amide bonds. The van der Waals surface area contributed by atoms with Gasteiger partial charge >= 0.3 is 0 Å². The van der Waals surface area contributed by atoms with Crippen molar-refractivity contribution in [3.05, 3.63) is 0 Å². The molecular weight excluding hydrogens is 216 g/mol. The zero-order valence-corrected chi connectivity index (χ0v) is 9.31. The van der Waals surface area contributed by atoms with Gasteiger partial charge in [-0.2, -0.15) is 0 Å². The lowest BCUT2D eigenvalue weighted by atomic mass is 10.1. The van der Waals surface area contributed by atoms with Gasteiger partial charge in [0.25, 0.3) is 0 Å². The second-order valence-electron chi connectivity index (χ2n) is 3.62. The summed E-state index contributed by atoms with van der Waals surface area (Å²) >= 11 is 3.41. The maximum Gasteiger partial charge on any atom is 0.0494 e. The first-order valence-electron chi connectivity index (χ1n) is 5.07. The van der Waals surface area contributed by atoms with Crippen LogP contribution in [0.5, 0.6) is 0 Å². The van der Waals surface area contributed by atoms with Crippen LogP contribution in [-0.2, 0) is 4.74 Å². The minimum absolute atomic E-state index is 0.883. The number of ether oxygens (including phenoxy) is 1. The standard InChI is InChI=1S/C10H19BrO/c11-7-3-4-8-12-9-10-5-1-2-6-10/h10H,1-9H2. The first kappa shape index (κ1) is 10.5. The molecule has 0 unspecified atom stereocenters. The van der Waals surface area contributed by atoms with Gasteiger partial charge in [0, 0.05) is 18.5 Å². The Morgan fingerprint density at radius 3 is 2.58 bits per heavy atom. The molecule has 1 rings (SSSR count). The van der Waals surface area contributed by atoms with E-state index in [9.17, 15) is 0 Å². The maximum absolute atomic E-state index is 5.60. The van der Waals surface area contributed by atoms with Crippen molar-refractivity contribution >= 4 is 15.9 Å². The minimum Gasteiger partial charge on any atom is -0.381 e. The molecule has 0 bridgehead atoms. The number of halogens is 1. The number of unbranched alkanes of at least 4 members (excludes halogenated alkanes) is 1. The monoisotopic (exact) mass is 234 g/mol. The topological polar surface area (TPSA) is 9.23 Å². The largest absolute Gasteiger partial charge is 0.381 e. The number of alkyl halides is 1. The molecule has 0 radical (unpaired) electrons. The second kappa shape index (κ2) is 6.90. The molecule has 72 valence electrons. The van der Waals surface area contributed by atoms with E-state index in [1.54, 1.807) is 0 Å². The summed E-state index contributed by atoms with van der Waals surface area (Å²) in [6.07, 6.45) is 8.10. The van der Waals surface area contributed by atoms with E-state index in [1.807, 2.05) is 0 Å². The molecule has 0 aliphatic heterocycles. The van der Waals surface area contributed by atoms with Crippen molar-refractivity contribution in [1.29, 1.82) is 0 Å². The fourth-order valence-electron chi connectivity index (χ4n) is 1.73. The molecule has 0 aromatic heterocycles. The van der Waals surface area contributed by atoms with Crippen LogP contribution in [-0.4, -0.2) is 18.5 Å². The van der Waals surface area contributed by atoms with Gasteiger partial charge in [0.2, 0.25) is 0 Å². The highest BCUT2D eigenvalue weighted by Gasteiger charge is 2.14. The molecule has 1 aliphatic rings. The second-order valence-corrected chi connectivity index (χ2v) is 4.41. The minimum atomic E-state index is 0.883. The first-order chi connectivity index (χ1) is 5.93. The molecule has 0 N–H and O–H groups in total. The number of hydrogen-bond acceptors (Lipinski definition) is 1. The summed E-state index contributed by atoms with van der Waals surface area (Å²) in [7, 11) is 0. The molecule has 1 nitrogen and oxygen atoms in total. The lowest BCUT2D eigenvalue weighted by Crippen LogP contribution is -2.06. The highest BCUT2D eigenvalue weighted by Crippen LogP contribution is 2.24. The lowest BCUT2D eigenvalue weighted by molar-refractivity contribution is 0.0991. The fraction of sp³-hybridized carbons (Fsp3) is 1.00. The molecule has 1 aliphatic carbocycles. The van der Waals surface area contributed by atoms with Crippen molar-refractivity contribution in [2.45, 2.75) is 38.5 Å². The average molecular weight is 235 g/mol. The molecule has 0 aromatic rings. The molecular formula is C10H19BrO. The molecule has 1 fully saturated rings. The fourth-order valence-corrected chi connectivity index (χ4v) is 2.12. The number of hydrogen-bond donors (Lipinski definition) is 0. The SMILES string of the molecule is BrCCCCOCC1CCCC1. The van der Waals surface area contributed by atoms with Crippen LogP contribution in [0.1, 0.15) is 38.5 Å². The van der Waals surface area contributed by atoms with Crippen LogP contribution < -0.4 is 0 Å². The Morgan fingerprint density at radius 2 is 1.92 bits per heavy atom. The summed E-state index contributed by atoms with van der Waals surface area (Å²) in [6.45, 7) is 1.98. The Morgan fingerprint density at radius 1 is 1.17 bits per heavy atom. The van der Waals surface area contributed by atoms with Gasteiger partial charge < -0.3 is 4.74 Å². The van der Waals surface area contributed by atoms with Crippen LogP contribution in [0, 0.1) is 5.92 Å². The third-order valence-corrected chi connectivity index (χ3v) is 3.06. The molecule has 1 saturated carbocycles. The normalized spacial score (nSPS) is 18.8. The summed E-state index contributed by atoms with van der Waals surface area (Å²) in [5, 5.41) is 1.11. The molecule has 0 spiro atoms. The van der Waals surface area contributed by atoms with E-state index in [2.05, 4.69) is 15.9 Å². The highest BCUT2D eigenvalue weighted by atomic mass is 79.9. The Balaban J connectivity index is 1.81. The number of rotatable bonds is 6. The summed E-state index contributed by atoms with van der Waals surface area (Å²) < 4.78 is 5.60. The summed E-state index contributed by atoms with van der Waals surface area (Å²) in [6, 6.07) is 0. The van der Waals surface area contributed by atoms with Crippen LogP contribution in [0.2, 0.25) is 0 Å². The van der Waals surface area contributed by atoms with Gasteiger partial charge in [-0.15, -0.1) is 0 Å². The van der Waals surface area contributed by atoms with E-state index in [-0.39, 0.29) is 0 Å². The van der Waals surface area contributed by atoms with Gasteiger partial charge in [-0.1, -0.05) is 28.8 Å². The van der Waals surface area contributed by atoms with Crippen LogP contribution in [0.4, 0.5) is 0 Å². The van der Waals surface area contributed by atoms with Gasteiger partial charge in [0.1, 0.15) is 0 Å². The maximum atomic E-state index is 5.60. The highest BCUT2D eigenvalue weighted by molar-refractivity contribution is 9.09. The van der Waals surface area contributed by atoms with Crippen LogP contribution >= 0.6 is 15.9 Å². The molecule has 12 heavy (non-hydrogen) atoms. The predicted molar refractivity (Wildman–Crippen MR) is 55.8 cm³/mol. The molecule has 2 heteroatoms. The Hall–Kier alpha value is 0.440.